The van der Waals surface area contributed by atoms with Gasteiger partial charge in [-0.2, -0.15) is 5.10 Å². The molecule has 128 valence electrons. The van der Waals surface area contributed by atoms with Crippen molar-refractivity contribution >= 4 is 34.5 Å². The van der Waals surface area contributed by atoms with Crippen LogP contribution in [0.5, 0.6) is 0 Å². The number of likely N-dealkylation sites (N-methyl/N-ethyl adjacent to an activating group) is 1. The van der Waals surface area contributed by atoms with E-state index in [2.05, 4.69) is 5.10 Å². The van der Waals surface area contributed by atoms with Crippen LogP contribution in [0.15, 0.2) is 30.5 Å². The summed E-state index contributed by atoms with van der Waals surface area (Å²) in [6.07, 6.45) is 1.82. The van der Waals surface area contributed by atoms with Crippen LogP contribution in [0.1, 0.15) is 6.92 Å². The molecule has 2 aromatic rings. The number of carbonyl (C=O) groups excluding carboxylic acids is 2. The molecule has 0 radical (unpaired) electrons. The van der Waals surface area contributed by atoms with Gasteiger partial charge in [-0.05, 0) is 6.07 Å². The standard InChI is InChI=1S/C17H22N4O2S/c1-12(9-21-14-7-5-4-6-13(14)8-18-21)16(22)20-11-24-10-15(20)17(23)19(2)3/h4-8,12,15H,9-11H2,1-3H3/t12-,15-/m0/s1. The van der Waals surface area contributed by atoms with Crippen molar-refractivity contribution in [2.24, 2.45) is 5.92 Å². The summed E-state index contributed by atoms with van der Waals surface area (Å²) in [7, 11) is 3.46. The average Bonchev–Trinajstić information content (AvgIpc) is 3.20. The van der Waals surface area contributed by atoms with E-state index < -0.39 is 0 Å². The minimum atomic E-state index is -0.352. The van der Waals surface area contributed by atoms with E-state index in [0.29, 0.717) is 18.2 Å². The van der Waals surface area contributed by atoms with E-state index in [1.165, 1.54) is 0 Å². The molecule has 0 unspecified atom stereocenters. The van der Waals surface area contributed by atoms with Crippen molar-refractivity contribution < 1.29 is 9.59 Å². The zero-order valence-corrected chi connectivity index (χ0v) is 15.0. The lowest BCUT2D eigenvalue weighted by molar-refractivity contribution is -0.144. The minimum absolute atomic E-state index is 0.00918. The van der Waals surface area contributed by atoms with Crippen LogP contribution in [0.3, 0.4) is 0 Å². The fraction of sp³-hybridized carbons (Fsp3) is 0.471. The Labute approximate surface area is 145 Å². The van der Waals surface area contributed by atoms with Gasteiger partial charge in [0.15, 0.2) is 0 Å². The quantitative estimate of drug-likeness (QED) is 0.845. The van der Waals surface area contributed by atoms with Crippen LogP contribution in [0.25, 0.3) is 10.9 Å². The van der Waals surface area contributed by atoms with Crippen LogP contribution in [0.4, 0.5) is 0 Å². The number of para-hydroxylation sites is 1. The molecule has 1 aromatic heterocycles. The molecule has 6 nitrogen and oxygen atoms in total. The molecule has 2 amide bonds. The van der Waals surface area contributed by atoms with Gasteiger partial charge in [0, 0.05) is 25.2 Å². The van der Waals surface area contributed by atoms with Crippen molar-refractivity contribution in [2.75, 3.05) is 25.7 Å². The number of carbonyl (C=O) groups is 2. The number of fused-ring (bicyclic) bond motifs is 1. The molecule has 0 aliphatic carbocycles. The Kier molecular flexibility index (Phi) is 4.80. The summed E-state index contributed by atoms with van der Waals surface area (Å²) in [4.78, 5) is 28.4. The maximum absolute atomic E-state index is 12.8. The first-order valence-electron chi connectivity index (χ1n) is 7.99. The third-order valence-electron chi connectivity index (χ3n) is 4.31. The third-order valence-corrected chi connectivity index (χ3v) is 5.32. The normalized spacial score (nSPS) is 18.8. The maximum Gasteiger partial charge on any atom is 0.245 e. The van der Waals surface area contributed by atoms with Gasteiger partial charge in [0.05, 0.1) is 30.1 Å². The molecule has 1 aromatic carbocycles. The highest BCUT2D eigenvalue weighted by molar-refractivity contribution is 7.99. The summed E-state index contributed by atoms with van der Waals surface area (Å²) in [5, 5.41) is 5.46. The van der Waals surface area contributed by atoms with Gasteiger partial charge in [0.2, 0.25) is 11.8 Å². The fourth-order valence-electron chi connectivity index (χ4n) is 2.95. The van der Waals surface area contributed by atoms with Crippen molar-refractivity contribution in [1.29, 1.82) is 0 Å². The summed E-state index contributed by atoms with van der Waals surface area (Å²) >= 11 is 1.63. The smallest absolute Gasteiger partial charge is 0.245 e. The van der Waals surface area contributed by atoms with Gasteiger partial charge in [-0.15, -0.1) is 11.8 Å². The van der Waals surface area contributed by atoms with Crippen LogP contribution in [-0.4, -0.2) is 63.2 Å². The predicted octanol–water partition coefficient (Wildman–Crippen LogP) is 1.66. The predicted molar refractivity (Wildman–Crippen MR) is 95.6 cm³/mol. The van der Waals surface area contributed by atoms with E-state index in [1.54, 1.807) is 35.7 Å². The van der Waals surface area contributed by atoms with Gasteiger partial charge in [0.25, 0.3) is 0 Å². The van der Waals surface area contributed by atoms with Crippen LogP contribution in [-0.2, 0) is 16.1 Å². The molecule has 1 saturated heterocycles. The molecule has 0 spiro atoms. The number of rotatable bonds is 4. The van der Waals surface area contributed by atoms with Gasteiger partial charge < -0.3 is 9.80 Å². The lowest BCUT2D eigenvalue weighted by Gasteiger charge is -2.27. The number of hydrogen-bond donors (Lipinski definition) is 0. The molecule has 7 heteroatoms. The first kappa shape index (κ1) is 16.8. The third kappa shape index (κ3) is 3.13. The van der Waals surface area contributed by atoms with Gasteiger partial charge >= 0.3 is 0 Å². The highest BCUT2D eigenvalue weighted by atomic mass is 32.2. The Morgan fingerprint density at radius 3 is 2.88 bits per heavy atom. The van der Waals surface area contributed by atoms with E-state index >= 15 is 0 Å². The Hall–Kier alpha value is -2.02. The Balaban J connectivity index is 1.73. The monoisotopic (exact) mass is 346 g/mol. The summed E-state index contributed by atoms with van der Waals surface area (Å²) in [6.45, 7) is 2.41. The van der Waals surface area contributed by atoms with Crippen LogP contribution in [0.2, 0.25) is 0 Å². The SMILES string of the molecule is C[C@@H](Cn1ncc2ccccc21)C(=O)N1CSC[C@H]1C(=O)N(C)C. The van der Waals surface area contributed by atoms with Crippen LogP contribution >= 0.6 is 11.8 Å². The number of aromatic nitrogens is 2. The van der Waals surface area contributed by atoms with Gasteiger partial charge in [0.1, 0.15) is 6.04 Å². The van der Waals surface area contributed by atoms with E-state index in [1.807, 2.05) is 42.1 Å². The number of benzene rings is 1. The molecule has 0 bridgehead atoms. The van der Waals surface area contributed by atoms with Crippen molar-refractivity contribution in [3.8, 4) is 0 Å². The highest BCUT2D eigenvalue weighted by Crippen LogP contribution is 2.25. The molecule has 3 rings (SSSR count). The number of thioether (sulfide) groups is 1. The lowest BCUT2D eigenvalue weighted by atomic mass is 10.1. The van der Waals surface area contributed by atoms with Gasteiger partial charge in [-0.25, -0.2) is 0 Å². The van der Waals surface area contributed by atoms with Crippen molar-refractivity contribution in [3.05, 3.63) is 30.5 Å². The topological polar surface area (TPSA) is 58.4 Å². The fourth-order valence-corrected chi connectivity index (χ4v) is 4.11. The second-order valence-corrected chi connectivity index (χ2v) is 7.34. The lowest BCUT2D eigenvalue weighted by Crippen LogP contribution is -2.48. The van der Waals surface area contributed by atoms with Gasteiger partial charge in [-0.3, -0.25) is 14.3 Å². The zero-order valence-electron chi connectivity index (χ0n) is 14.2. The largest absolute Gasteiger partial charge is 0.347 e. The number of amides is 2. The Morgan fingerprint density at radius 2 is 2.12 bits per heavy atom. The highest BCUT2D eigenvalue weighted by Gasteiger charge is 2.37. The van der Waals surface area contributed by atoms with Gasteiger partial charge in [-0.1, -0.05) is 25.1 Å². The summed E-state index contributed by atoms with van der Waals surface area (Å²) in [5.74, 6) is 1.02. The molecule has 2 atom stereocenters. The average molecular weight is 346 g/mol. The van der Waals surface area contributed by atoms with Crippen molar-refractivity contribution in [1.82, 2.24) is 19.6 Å². The second-order valence-electron chi connectivity index (χ2n) is 6.34. The molecular weight excluding hydrogens is 324 g/mol. The first-order valence-corrected chi connectivity index (χ1v) is 9.14. The zero-order chi connectivity index (χ0) is 17.3. The first-order chi connectivity index (χ1) is 11.5. The molecule has 1 aliphatic rings. The summed E-state index contributed by atoms with van der Waals surface area (Å²) in [5.41, 5.74) is 1.02. The second kappa shape index (κ2) is 6.84. The minimum Gasteiger partial charge on any atom is -0.347 e. The molecule has 1 fully saturated rings. The van der Waals surface area contributed by atoms with E-state index in [0.717, 1.165) is 10.9 Å². The van der Waals surface area contributed by atoms with Crippen molar-refractivity contribution in [3.63, 3.8) is 0 Å². The molecule has 24 heavy (non-hydrogen) atoms. The molecule has 2 heterocycles. The molecule has 0 saturated carbocycles. The van der Waals surface area contributed by atoms with Crippen LogP contribution in [0, 0.1) is 5.92 Å². The maximum atomic E-state index is 12.8. The molecule has 1 aliphatic heterocycles. The van der Waals surface area contributed by atoms with E-state index in [4.69, 9.17) is 0 Å². The Bertz CT molecular complexity index is 758. The molecule has 0 N–H and O–H groups in total. The van der Waals surface area contributed by atoms with E-state index in [-0.39, 0.29) is 23.8 Å². The van der Waals surface area contributed by atoms with Crippen LogP contribution < -0.4 is 0 Å². The number of nitrogens with zero attached hydrogens (tertiary/aromatic N) is 4. The number of hydrogen-bond acceptors (Lipinski definition) is 4. The summed E-state index contributed by atoms with van der Waals surface area (Å²) < 4.78 is 1.86. The van der Waals surface area contributed by atoms with Crippen molar-refractivity contribution in [2.45, 2.75) is 19.5 Å². The molecular formula is C17H22N4O2S. The van der Waals surface area contributed by atoms with E-state index in [9.17, 15) is 9.59 Å². The summed E-state index contributed by atoms with van der Waals surface area (Å²) in [6, 6.07) is 7.60. The Morgan fingerprint density at radius 1 is 1.38 bits per heavy atom.